The molecule has 1 unspecified atom stereocenters. The fourth-order valence-electron chi connectivity index (χ4n) is 2.45. The Morgan fingerprint density at radius 3 is 2.70 bits per heavy atom. The van der Waals surface area contributed by atoms with E-state index in [9.17, 15) is 22.7 Å². The van der Waals surface area contributed by atoms with E-state index < -0.39 is 27.3 Å². The van der Waals surface area contributed by atoms with Crippen LogP contribution in [-0.4, -0.2) is 35.9 Å². The molecule has 1 aliphatic rings. The number of piperidine rings is 1. The van der Waals surface area contributed by atoms with Gasteiger partial charge in [-0.15, -0.1) is 0 Å². The van der Waals surface area contributed by atoms with Gasteiger partial charge in [0.2, 0.25) is 10.0 Å². The predicted octanol–water partition coefficient (Wildman–Crippen LogP) is 1.84. The minimum absolute atomic E-state index is 0.127. The molecule has 1 fully saturated rings. The second-order valence-electron chi connectivity index (χ2n) is 5.07. The van der Waals surface area contributed by atoms with Crippen molar-refractivity contribution >= 4 is 16.0 Å². The number of benzene rings is 1. The molecule has 1 aromatic carbocycles. The summed E-state index contributed by atoms with van der Waals surface area (Å²) in [7, 11) is -4.02. The standard InChI is InChI=1S/C13H16FNO4S/c1-13(12(16)17)7-2-3-8-15(13)20(18,19)11-6-4-5-10(14)9-11/h4-6,9H,2-3,7-8H2,1H3,(H,16,17). The molecule has 0 bridgehead atoms. The normalized spacial score (nSPS) is 24.5. The summed E-state index contributed by atoms with van der Waals surface area (Å²) < 4.78 is 39.3. The average Bonchev–Trinajstić information content (AvgIpc) is 2.39. The summed E-state index contributed by atoms with van der Waals surface area (Å²) in [6.45, 7) is 1.52. The number of hydrogen-bond acceptors (Lipinski definition) is 3. The van der Waals surface area contributed by atoms with Crippen LogP contribution in [0.25, 0.3) is 0 Å². The lowest BCUT2D eigenvalue weighted by atomic mass is 9.91. The summed E-state index contributed by atoms with van der Waals surface area (Å²) in [5.74, 6) is -1.85. The van der Waals surface area contributed by atoms with Gasteiger partial charge in [0.1, 0.15) is 11.4 Å². The van der Waals surface area contributed by atoms with Crippen LogP contribution in [0, 0.1) is 5.82 Å². The number of aliphatic carboxylic acids is 1. The summed E-state index contributed by atoms with van der Waals surface area (Å²) in [5.41, 5.74) is -1.48. The maximum Gasteiger partial charge on any atom is 0.324 e. The number of rotatable bonds is 3. The lowest BCUT2D eigenvalue weighted by molar-refractivity contribution is -0.149. The molecule has 0 amide bonds. The Bertz CT molecular complexity index is 631. The summed E-state index contributed by atoms with van der Waals surface area (Å²) in [4.78, 5) is 11.2. The van der Waals surface area contributed by atoms with Crippen molar-refractivity contribution < 1.29 is 22.7 Å². The summed E-state index contributed by atoms with van der Waals surface area (Å²) in [6, 6.07) is 4.62. The lowest BCUT2D eigenvalue weighted by Crippen LogP contribution is -2.57. The first-order chi connectivity index (χ1) is 9.28. The van der Waals surface area contributed by atoms with E-state index in [0.717, 1.165) is 16.4 Å². The van der Waals surface area contributed by atoms with Gasteiger partial charge in [-0.3, -0.25) is 4.79 Å². The Balaban J connectivity index is 2.49. The molecular formula is C13H16FNO4S. The summed E-state index contributed by atoms with van der Waals surface area (Å²) in [6.07, 6.45) is 1.49. The van der Waals surface area contributed by atoms with E-state index in [1.54, 1.807) is 0 Å². The molecule has 1 aromatic rings. The van der Waals surface area contributed by atoms with Gasteiger partial charge in [-0.05, 0) is 44.4 Å². The molecule has 5 nitrogen and oxygen atoms in total. The van der Waals surface area contributed by atoms with Gasteiger partial charge in [0.25, 0.3) is 0 Å². The maximum absolute atomic E-state index is 13.2. The number of hydrogen-bond donors (Lipinski definition) is 1. The van der Waals surface area contributed by atoms with Crippen molar-refractivity contribution in [2.75, 3.05) is 6.54 Å². The van der Waals surface area contributed by atoms with Crippen molar-refractivity contribution in [2.24, 2.45) is 0 Å². The highest BCUT2D eigenvalue weighted by atomic mass is 32.2. The van der Waals surface area contributed by atoms with E-state index >= 15 is 0 Å². The molecule has 110 valence electrons. The minimum Gasteiger partial charge on any atom is -0.480 e. The van der Waals surface area contributed by atoms with E-state index in [4.69, 9.17) is 0 Å². The number of carboxylic acids is 1. The third-order valence-corrected chi connectivity index (χ3v) is 5.69. The fraction of sp³-hybridized carbons (Fsp3) is 0.462. The maximum atomic E-state index is 13.2. The zero-order chi connectivity index (χ0) is 15.0. The molecule has 0 radical (unpaired) electrons. The van der Waals surface area contributed by atoms with Crippen LogP contribution in [0.4, 0.5) is 4.39 Å². The molecule has 7 heteroatoms. The van der Waals surface area contributed by atoms with Gasteiger partial charge >= 0.3 is 5.97 Å². The van der Waals surface area contributed by atoms with Crippen molar-refractivity contribution in [3.05, 3.63) is 30.1 Å². The Morgan fingerprint density at radius 1 is 1.40 bits per heavy atom. The molecule has 1 saturated heterocycles. The highest BCUT2D eigenvalue weighted by molar-refractivity contribution is 7.89. The van der Waals surface area contributed by atoms with Gasteiger partial charge in [-0.25, -0.2) is 12.8 Å². The molecule has 20 heavy (non-hydrogen) atoms. The van der Waals surface area contributed by atoms with Crippen LogP contribution in [-0.2, 0) is 14.8 Å². The largest absolute Gasteiger partial charge is 0.480 e. The molecule has 1 atom stereocenters. The second kappa shape index (κ2) is 5.14. The second-order valence-corrected chi connectivity index (χ2v) is 6.93. The molecule has 2 rings (SSSR count). The first-order valence-electron chi connectivity index (χ1n) is 6.30. The van der Waals surface area contributed by atoms with E-state index in [0.29, 0.717) is 12.8 Å². The van der Waals surface area contributed by atoms with Crippen LogP contribution >= 0.6 is 0 Å². The third-order valence-electron chi connectivity index (χ3n) is 3.67. The molecule has 1 aliphatic heterocycles. The van der Waals surface area contributed by atoms with E-state index in [-0.39, 0.29) is 17.9 Å². The van der Waals surface area contributed by atoms with Crippen molar-refractivity contribution in [1.82, 2.24) is 4.31 Å². The molecule has 0 aliphatic carbocycles. The smallest absolute Gasteiger partial charge is 0.324 e. The average molecular weight is 301 g/mol. The fourth-order valence-corrected chi connectivity index (χ4v) is 4.29. The van der Waals surface area contributed by atoms with Crippen LogP contribution in [0.5, 0.6) is 0 Å². The topological polar surface area (TPSA) is 74.7 Å². The van der Waals surface area contributed by atoms with Gasteiger partial charge in [-0.1, -0.05) is 6.07 Å². The van der Waals surface area contributed by atoms with Gasteiger partial charge in [0.05, 0.1) is 4.90 Å². The number of halogens is 1. The quantitative estimate of drug-likeness (QED) is 0.924. The zero-order valence-corrected chi connectivity index (χ0v) is 11.9. The highest BCUT2D eigenvalue weighted by Crippen LogP contribution is 2.33. The lowest BCUT2D eigenvalue weighted by Gasteiger charge is -2.40. The van der Waals surface area contributed by atoms with Crippen LogP contribution in [0.15, 0.2) is 29.2 Å². The van der Waals surface area contributed by atoms with Gasteiger partial charge in [-0.2, -0.15) is 4.31 Å². The number of nitrogens with zero attached hydrogens (tertiary/aromatic N) is 1. The van der Waals surface area contributed by atoms with Crippen LogP contribution in [0.2, 0.25) is 0 Å². The highest BCUT2D eigenvalue weighted by Gasteiger charge is 2.47. The van der Waals surface area contributed by atoms with Crippen molar-refractivity contribution in [2.45, 2.75) is 36.6 Å². The molecule has 0 spiro atoms. The summed E-state index contributed by atoms with van der Waals surface area (Å²) in [5, 5.41) is 9.35. The predicted molar refractivity (Wildman–Crippen MR) is 70.2 cm³/mol. The van der Waals surface area contributed by atoms with Crippen molar-refractivity contribution in [3.8, 4) is 0 Å². The number of sulfonamides is 1. The van der Waals surface area contributed by atoms with Gasteiger partial charge in [0.15, 0.2) is 0 Å². The van der Waals surface area contributed by atoms with Crippen molar-refractivity contribution in [3.63, 3.8) is 0 Å². The van der Waals surface area contributed by atoms with Crippen LogP contribution in [0.3, 0.4) is 0 Å². The van der Waals surface area contributed by atoms with E-state index in [1.165, 1.54) is 19.1 Å². The van der Waals surface area contributed by atoms with E-state index in [1.807, 2.05) is 0 Å². The third kappa shape index (κ3) is 2.43. The Labute approximate surface area is 117 Å². The first-order valence-corrected chi connectivity index (χ1v) is 7.74. The Hall–Kier alpha value is -1.47. The molecule has 1 heterocycles. The number of carboxylic acid groups (broad SMARTS) is 1. The van der Waals surface area contributed by atoms with E-state index in [2.05, 4.69) is 0 Å². The summed E-state index contributed by atoms with van der Waals surface area (Å²) >= 11 is 0. The van der Waals surface area contributed by atoms with Gasteiger partial charge < -0.3 is 5.11 Å². The first kappa shape index (κ1) is 14.9. The molecule has 0 aromatic heterocycles. The Kier molecular flexibility index (Phi) is 3.84. The SMILES string of the molecule is CC1(C(=O)O)CCCCN1S(=O)(=O)c1cccc(F)c1. The van der Waals surface area contributed by atoms with Crippen LogP contribution < -0.4 is 0 Å². The molecule has 1 N–H and O–H groups in total. The molecular weight excluding hydrogens is 285 g/mol. The zero-order valence-electron chi connectivity index (χ0n) is 11.0. The van der Waals surface area contributed by atoms with Gasteiger partial charge in [0, 0.05) is 6.54 Å². The van der Waals surface area contributed by atoms with Crippen molar-refractivity contribution in [1.29, 1.82) is 0 Å². The monoisotopic (exact) mass is 301 g/mol. The number of carbonyl (C=O) groups is 1. The molecule has 0 saturated carbocycles. The van der Waals surface area contributed by atoms with Crippen LogP contribution in [0.1, 0.15) is 26.2 Å². The minimum atomic E-state index is -4.02. The Morgan fingerprint density at radius 2 is 2.10 bits per heavy atom.